The summed E-state index contributed by atoms with van der Waals surface area (Å²) in [6.07, 6.45) is 0. The van der Waals surface area contributed by atoms with Gasteiger partial charge in [0.15, 0.2) is 23.0 Å². The summed E-state index contributed by atoms with van der Waals surface area (Å²) in [5, 5.41) is 10.7. The number of carbonyl (C=O) groups is 2. The highest BCUT2D eigenvalue weighted by Gasteiger charge is 2.46. The molecule has 2 aromatic carbocycles. The van der Waals surface area contributed by atoms with E-state index in [1.54, 1.807) is 64.3 Å². The number of hydrogen-bond donors (Lipinski definition) is 1. The fourth-order valence-electron chi connectivity index (χ4n) is 3.82. The zero-order valence-corrected chi connectivity index (χ0v) is 18.0. The van der Waals surface area contributed by atoms with Crippen molar-refractivity contribution >= 4 is 11.7 Å². The third-order valence-electron chi connectivity index (χ3n) is 5.45. The molecule has 2 aliphatic rings. The number of fused-ring (bicyclic) bond motifs is 1. The van der Waals surface area contributed by atoms with Crippen LogP contribution in [-0.2, 0) is 16.1 Å². The molecule has 162 valence electrons. The molecule has 0 radical (unpaired) electrons. The van der Waals surface area contributed by atoms with Gasteiger partial charge in [-0.3, -0.25) is 9.59 Å². The number of nitrogens with zero attached hydrogens (tertiary/aromatic N) is 1. The lowest BCUT2D eigenvalue weighted by atomic mass is 9.82. The van der Waals surface area contributed by atoms with Crippen molar-refractivity contribution < 1.29 is 28.9 Å². The summed E-state index contributed by atoms with van der Waals surface area (Å²) in [6, 6.07) is 11.9. The fraction of sp³-hybridized carbons (Fsp3) is 0.333. The third kappa shape index (κ3) is 3.71. The minimum Gasteiger partial charge on any atom is -0.503 e. The molecule has 0 saturated heterocycles. The van der Waals surface area contributed by atoms with Gasteiger partial charge in [-0.25, -0.2) is 0 Å². The predicted octanol–water partition coefficient (Wildman–Crippen LogP) is 3.93. The van der Waals surface area contributed by atoms with Crippen LogP contribution in [0.1, 0.15) is 37.9 Å². The summed E-state index contributed by atoms with van der Waals surface area (Å²) in [7, 11) is 1.57. The van der Waals surface area contributed by atoms with Crippen LogP contribution in [0, 0.1) is 5.41 Å². The van der Waals surface area contributed by atoms with Gasteiger partial charge in [-0.1, -0.05) is 39.0 Å². The van der Waals surface area contributed by atoms with E-state index >= 15 is 0 Å². The maximum absolute atomic E-state index is 13.2. The molecule has 0 bridgehead atoms. The Morgan fingerprint density at radius 3 is 2.45 bits per heavy atom. The second-order valence-corrected chi connectivity index (χ2v) is 8.64. The van der Waals surface area contributed by atoms with Crippen LogP contribution in [0.4, 0.5) is 0 Å². The number of carbonyl (C=O) groups excluding carboxylic acids is 2. The highest BCUT2D eigenvalue weighted by Crippen LogP contribution is 2.42. The quantitative estimate of drug-likeness (QED) is 0.784. The topological polar surface area (TPSA) is 85.3 Å². The van der Waals surface area contributed by atoms with Gasteiger partial charge in [0.1, 0.15) is 5.75 Å². The lowest BCUT2D eigenvalue weighted by molar-refractivity contribution is -0.130. The number of hydrogen-bond acceptors (Lipinski definition) is 6. The molecule has 7 nitrogen and oxygen atoms in total. The number of amides is 1. The second-order valence-electron chi connectivity index (χ2n) is 8.64. The minimum absolute atomic E-state index is 0.114. The average molecular weight is 423 g/mol. The molecule has 0 saturated carbocycles. The molecular formula is C24H25NO6. The molecule has 0 spiro atoms. The van der Waals surface area contributed by atoms with E-state index < -0.39 is 23.1 Å². The van der Waals surface area contributed by atoms with Gasteiger partial charge < -0.3 is 24.2 Å². The minimum atomic E-state index is -0.761. The zero-order chi connectivity index (χ0) is 22.3. The van der Waals surface area contributed by atoms with Gasteiger partial charge in [-0.05, 0) is 35.4 Å². The fourth-order valence-corrected chi connectivity index (χ4v) is 3.82. The van der Waals surface area contributed by atoms with Crippen molar-refractivity contribution in [1.82, 2.24) is 4.90 Å². The first-order valence-electron chi connectivity index (χ1n) is 10.0. The van der Waals surface area contributed by atoms with Crippen molar-refractivity contribution in [1.29, 1.82) is 0 Å². The van der Waals surface area contributed by atoms with Gasteiger partial charge in [-0.15, -0.1) is 0 Å². The van der Waals surface area contributed by atoms with Crippen molar-refractivity contribution in [3.05, 3.63) is 64.9 Å². The number of ether oxygens (including phenoxy) is 3. The summed E-state index contributed by atoms with van der Waals surface area (Å²) in [6.45, 7) is 5.66. The molecule has 1 amide bonds. The SMILES string of the molecule is COc1ccc(C2C(C(=O)C(C)(C)C)=C(O)C(=O)N2Cc2ccc3c(c2)OCO3)cc1. The molecule has 4 rings (SSSR count). The Kier molecular flexibility index (Phi) is 5.13. The normalized spacial score (nSPS) is 18.0. The Morgan fingerprint density at radius 2 is 1.81 bits per heavy atom. The standard InChI is InChI=1S/C24H25NO6/c1-24(2,3)22(27)19-20(15-6-8-16(29-4)9-7-15)25(23(28)21(19)26)12-14-5-10-17-18(11-14)31-13-30-17/h5-11,20,26H,12-13H2,1-4H3. The Labute approximate surface area is 180 Å². The van der Waals surface area contributed by atoms with Crippen LogP contribution in [0.25, 0.3) is 0 Å². The number of aliphatic hydroxyl groups is 1. The van der Waals surface area contributed by atoms with Crippen molar-refractivity contribution in [2.45, 2.75) is 33.4 Å². The number of rotatable bonds is 5. The summed E-state index contributed by atoms with van der Waals surface area (Å²) in [5.74, 6) is 0.563. The molecule has 1 atom stereocenters. The first-order valence-corrected chi connectivity index (χ1v) is 10.0. The number of aliphatic hydroxyl groups excluding tert-OH is 1. The van der Waals surface area contributed by atoms with E-state index in [1.165, 1.54) is 4.90 Å². The van der Waals surface area contributed by atoms with Crippen LogP contribution in [0.2, 0.25) is 0 Å². The second kappa shape index (κ2) is 7.65. The molecule has 31 heavy (non-hydrogen) atoms. The lowest BCUT2D eigenvalue weighted by Crippen LogP contribution is -2.32. The van der Waals surface area contributed by atoms with E-state index in [2.05, 4.69) is 0 Å². The molecule has 2 aromatic rings. The summed E-state index contributed by atoms with van der Waals surface area (Å²) >= 11 is 0. The molecule has 0 aliphatic carbocycles. The van der Waals surface area contributed by atoms with Crippen molar-refractivity contribution in [3.63, 3.8) is 0 Å². The van der Waals surface area contributed by atoms with Crippen LogP contribution in [0.3, 0.4) is 0 Å². The summed E-state index contributed by atoms with van der Waals surface area (Å²) in [4.78, 5) is 27.8. The number of ketones is 1. The van der Waals surface area contributed by atoms with E-state index in [4.69, 9.17) is 14.2 Å². The van der Waals surface area contributed by atoms with Gasteiger partial charge in [0.05, 0.1) is 18.7 Å². The molecule has 1 N–H and O–H groups in total. The Morgan fingerprint density at radius 1 is 1.13 bits per heavy atom. The monoisotopic (exact) mass is 423 g/mol. The number of Topliss-reactive ketones (excluding diaryl/α,β-unsaturated/α-hetero) is 1. The van der Waals surface area contributed by atoms with Crippen molar-refractivity contribution in [2.75, 3.05) is 13.9 Å². The third-order valence-corrected chi connectivity index (χ3v) is 5.45. The largest absolute Gasteiger partial charge is 0.503 e. The van der Waals surface area contributed by atoms with Gasteiger partial charge in [0, 0.05) is 12.0 Å². The molecule has 7 heteroatoms. The van der Waals surface area contributed by atoms with Crippen LogP contribution >= 0.6 is 0 Å². The van der Waals surface area contributed by atoms with Crippen molar-refractivity contribution in [2.24, 2.45) is 5.41 Å². The van der Waals surface area contributed by atoms with E-state index in [0.29, 0.717) is 22.8 Å². The Bertz CT molecular complexity index is 1060. The molecule has 2 heterocycles. The molecular weight excluding hydrogens is 398 g/mol. The first-order chi connectivity index (χ1) is 14.7. The van der Waals surface area contributed by atoms with Crippen LogP contribution < -0.4 is 14.2 Å². The Hall–Kier alpha value is -3.48. The van der Waals surface area contributed by atoms with Crippen LogP contribution in [-0.4, -0.2) is 35.6 Å². The highest BCUT2D eigenvalue weighted by molar-refractivity contribution is 6.10. The molecule has 0 fully saturated rings. The smallest absolute Gasteiger partial charge is 0.290 e. The highest BCUT2D eigenvalue weighted by atomic mass is 16.7. The number of benzene rings is 2. The Balaban J connectivity index is 1.75. The van der Waals surface area contributed by atoms with Gasteiger partial charge >= 0.3 is 0 Å². The van der Waals surface area contributed by atoms with E-state index in [-0.39, 0.29) is 24.7 Å². The predicted molar refractivity (Wildman–Crippen MR) is 113 cm³/mol. The van der Waals surface area contributed by atoms with E-state index in [1.807, 2.05) is 6.07 Å². The first kappa shape index (κ1) is 20.8. The van der Waals surface area contributed by atoms with E-state index in [9.17, 15) is 14.7 Å². The summed E-state index contributed by atoms with van der Waals surface area (Å²) < 4.78 is 16.0. The average Bonchev–Trinajstić information content (AvgIpc) is 3.30. The lowest BCUT2D eigenvalue weighted by Gasteiger charge is -2.29. The maximum Gasteiger partial charge on any atom is 0.290 e. The molecule has 0 aromatic heterocycles. The summed E-state index contributed by atoms with van der Waals surface area (Å²) in [5.41, 5.74) is 0.867. The maximum atomic E-state index is 13.2. The number of methoxy groups -OCH3 is 1. The van der Waals surface area contributed by atoms with E-state index in [0.717, 1.165) is 5.56 Å². The van der Waals surface area contributed by atoms with Crippen molar-refractivity contribution in [3.8, 4) is 17.2 Å². The molecule has 1 unspecified atom stereocenters. The van der Waals surface area contributed by atoms with Gasteiger partial charge in [-0.2, -0.15) is 0 Å². The van der Waals surface area contributed by atoms with Crippen LogP contribution in [0.15, 0.2) is 53.8 Å². The van der Waals surface area contributed by atoms with Crippen LogP contribution in [0.5, 0.6) is 17.2 Å². The van der Waals surface area contributed by atoms with Gasteiger partial charge in [0.2, 0.25) is 6.79 Å². The zero-order valence-electron chi connectivity index (χ0n) is 18.0. The molecule has 2 aliphatic heterocycles. The van der Waals surface area contributed by atoms with Gasteiger partial charge in [0.25, 0.3) is 5.91 Å².